The number of hydrogen-bond acceptors (Lipinski definition) is 5. The number of fused-ring (bicyclic) bond motifs is 1. The predicted molar refractivity (Wildman–Crippen MR) is 149 cm³/mol. The Hall–Kier alpha value is -3.14. The Morgan fingerprint density at radius 1 is 0.923 bits per heavy atom. The van der Waals surface area contributed by atoms with E-state index in [1.807, 2.05) is 23.1 Å². The van der Waals surface area contributed by atoms with Crippen molar-refractivity contribution in [3.05, 3.63) is 34.2 Å². The molecule has 0 spiro atoms. The number of aryl methyl sites for hydroxylation is 1. The monoisotopic (exact) mass is 562 g/mol. The summed E-state index contributed by atoms with van der Waals surface area (Å²) in [6, 6.07) is 5.25. The molecule has 2 N–H and O–H groups in total. The van der Waals surface area contributed by atoms with Crippen molar-refractivity contribution in [2.45, 2.75) is 89.0 Å². The van der Waals surface area contributed by atoms with Crippen LogP contribution in [0.25, 0.3) is 11.0 Å². The van der Waals surface area contributed by atoms with Crippen LogP contribution in [0.4, 0.5) is 0 Å². The summed E-state index contributed by atoms with van der Waals surface area (Å²) in [6.45, 7) is 1.43. The highest BCUT2D eigenvalue weighted by atomic mass is 35.5. The molecule has 3 amide bonds. The van der Waals surface area contributed by atoms with Gasteiger partial charge < -0.3 is 10.0 Å². The van der Waals surface area contributed by atoms with Crippen LogP contribution in [0.5, 0.6) is 0 Å². The first-order chi connectivity index (χ1) is 18.3. The number of unbranched alkanes of at least 4 members (excludes halogenated alkanes) is 5. The molecule has 0 bridgehead atoms. The molecule has 3 heterocycles. The Bertz CT molecular complexity index is 1260. The number of halogens is 1. The Kier molecular flexibility index (Phi) is 10.7. The zero-order chi connectivity index (χ0) is 27.2. The SMILES string of the molecule is Cl.Cn1c(=O)n(C2CCC(=O)NC2=O)c2ccc(C3CCN(C(=O)CCCCCCCCC(=O)O)CC3)cc21. The molecule has 10 nitrogen and oxygen atoms in total. The molecule has 11 heteroatoms. The average molecular weight is 563 g/mol. The summed E-state index contributed by atoms with van der Waals surface area (Å²) in [5.41, 5.74) is 2.31. The van der Waals surface area contributed by atoms with E-state index in [0.29, 0.717) is 37.4 Å². The van der Waals surface area contributed by atoms with Gasteiger partial charge >= 0.3 is 11.7 Å². The summed E-state index contributed by atoms with van der Waals surface area (Å²) in [5, 5.41) is 11.0. The number of imide groups is 1. The van der Waals surface area contributed by atoms with Crippen molar-refractivity contribution in [1.82, 2.24) is 19.4 Å². The quantitative estimate of drug-likeness (QED) is 0.317. The van der Waals surface area contributed by atoms with Crippen molar-refractivity contribution < 1.29 is 24.3 Å². The van der Waals surface area contributed by atoms with Gasteiger partial charge in [-0.15, -0.1) is 12.4 Å². The summed E-state index contributed by atoms with van der Waals surface area (Å²) in [5.74, 6) is -0.990. The summed E-state index contributed by atoms with van der Waals surface area (Å²) >= 11 is 0. The molecular weight excluding hydrogens is 524 g/mol. The minimum atomic E-state index is -0.741. The molecule has 1 unspecified atom stereocenters. The molecule has 0 saturated carbocycles. The van der Waals surface area contributed by atoms with Gasteiger partial charge in [-0.3, -0.25) is 33.6 Å². The van der Waals surface area contributed by atoms with Crippen LogP contribution >= 0.6 is 12.4 Å². The number of rotatable bonds is 11. The molecule has 2 fully saturated rings. The molecule has 0 aliphatic carbocycles. The third kappa shape index (κ3) is 7.29. The van der Waals surface area contributed by atoms with Crippen LogP contribution in [0.2, 0.25) is 0 Å². The summed E-state index contributed by atoms with van der Waals surface area (Å²) in [6.07, 6.45) is 8.59. The second kappa shape index (κ2) is 13.8. The van der Waals surface area contributed by atoms with E-state index < -0.39 is 17.9 Å². The largest absolute Gasteiger partial charge is 0.481 e. The molecule has 2 saturated heterocycles. The minimum Gasteiger partial charge on any atom is -0.481 e. The number of aliphatic carboxylic acids is 1. The van der Waals surface area contributed by atoms with Gasteiger partial charge in [-0.05, 0) is 55.7 Å². The maximum Gasteiger partial charge on any atom is 0.329 e. The van der Waals surface area contributed by atoms with E-state index in [1.165, 1.54) is 4.57 Å². The normalized spacial score (nSPS) is 18.2. The third-order valence-corrected chi connectivity index (χ3v) is 7.99. The summed E-state index contributed by atoms with van der Waals surface area (Å²) in [7, 11) is 1.70. The zero-order valence-corrected chi connectivity index (χ0v) is 23.3. The van der Waals surface area contributed by atoms with Crippen LogP contribution in [0.15, 0.2) is 23.0 Å². The second-order valence-electron chi connectivity index (χ2n) is 10.6. The summed E-state index contributed by atoms with van der Waals surface area (Å²) < 4.78 is 3.06. The van der Waals surface area contributed by atoms with Crippen molar-refractivity contribution in [2.75, 3.05) is 13.1 Å². The first-order valence-electron chi connectivity index (χ1n) is 13.8. The molecule has 2 aromatic rings. The number of imidazole rings is 1. The lowest BCUT2D eigenvalue weighted by molar-refractivity contribution is -0.137. The fourth-order valence-corrected chi connectivity index (χ4v) is 5.74. The number of amides is 3. The van der Waals surface area contributed by atoms with Gasteiger partial charge in [-0.25, -0.2) is 4.79 Å². The van der Waals surface area contributed by atoms with E-state index in [-0.39, 0.29) is 42.8 Å². The van der Waals surface area contributed by atoms with Crippen molar-refractivity contribution in [2.24, 2.45) is 7.05 Å². The van der Waals surface area contributed by atoms with Crippen molar-refractivity contribution in [1.29, 1.82) is 0 Å². The van der Waals surface area contributed by atoms with E-state index in [2.05, 4.69) is 5.32 Å². The number of hydrogen-bond donors (Lipinski definition) is 2. The van der Waals surface area contributed by atoms with Gasteiger partial charge in [0.2, 0.25) is 17.7 Å². The van der Waals surface area contributed by atoms with Crippen LogP contribution in [0.1, 0.15) is 94.6 Å². The smallest absolute Gasteiger partial charge is 0.329 e. The molecule has 2 aliphatic rings. The van der Waals surface area contributed by atoms with Crippen LogP contribution in [-0.2, 0) is 26.2 Å². The number of carboxylic acid groups (broad SMARTS) is 1. The van der Waals surface area contributed by atoms with Gasteiger partial charge in [0.05, 0.1) is 11.0 Å². The maximum absolute atomic E-state index is 13.0. The highest BCUT2D eigenvalue weighted by molar-refractivity contribution is 6.00. The van der Waals surface area contributed by atoms with Crippen molar-refractivity contribution in [3.8, 4) is 0 Å². The van der Waals surface area contributed by atoms with Gasteiger partial charge in [0.1, 0.15) is 6.04 Å². The molecule has 39 heavy (non-hydrogen) atoms. The molecule has 0 radical (unpaired) electrons. The fourth-order valence-electron chi connectivity index (χ4n) is 5.74. The van der Waals surface area contributed by atoms with E-state index in [1.54, 1.807) is 11.6 Å². The van der Waals surface area contributed by atoms with Gasteiger partial charge in [-0.1, -0.05) is 31.7 Å². The first-order valence-corrected chi connectivity index (χ1v) is 13.8. The standard InChI is InChI=1S/C28H38N4O6.ClH/c1-30-23-18-20(10-11-21(23)32(28(30)38)22-12-13-24(33)29-27(22)37)19-14-16-31(17-15-19)25(34)8-6-4-2-3-5-7-9-26(35)36;/h10-11,18-19,22H,2-9,12-17H2,1H3,(H,35,36)(H,29,33,37);1H. The maximum atomic E-state index is 13.0. The minimum absolute atomic E-state index is 0. The Labute approximate surface area is 234 Å². The third-order valence-electron chi connectivity index (χ3n) is 7.99. The van der Waals surface area contributed by atoms with Crippen LogP contribution in [0, 0.1) is 0 Å². The Morgan fingerprint density at radius 2 is 1.56 bits per heavy atom. The van der Waals surface area contributed by atoms with Crippen molar-refractivity contribution in [3.63, 3.8) is 0 Å². The van der Waals surface area contributed by atoms with Crippen LogP contribution in [0.3, 0.4) is 0 Å². The Morgan fingerprint density at radius 3 is 2.21 bits per heavy atom. The number of carbonyl (C=O) groups is 4. The van der Waals surface area contributed by atoms with Gasteiger partial charge in [0.25, 0.3) is 0 Å². The number of benzene rings is 1. The Balaban J connectivity index is 0.00000420. The zero-order valence-electron chi connectivity index (χ0n) is 22.5. The number of aromatic nitrogens is 2. The second-order valence-corrected chi connectivity index (χ2v) is 10.6. The number of carboxylic acids is 1. The van der Waals surface area contributed by atoms with Gasteiger partial charge in [-0.2, -0.15) is 0 Å². The first kappa shape index (κ1) is 30.4. The van der Waals surface area contributed by atoms with Gasteiger partial charge in [0.15, 0.2) is 0 Å². The van der Waals surface area contributed by atoms with E-state index in [4.69, 9.17) is 5.11 Å². The number of likely N-dealkylation sites (tertiary alicyclic amines) is 1. The number of carbonyl (C=O) groups excluding carboxylic acids is 3. The van der Waals surface area contributed by atoms with E-state index in [0.717, 1.165) is 62.4 Å². The summed E-state index contributed by atoms with van der Waals surface area (Å²) in [4.78, 5) is 62.1. The molecule has 214 valence electrons. The van der Waals surface area contributed by atoms with Crippen LogP contribution in [-0.4, -0.2) is 55.9 Å². The molecule has 4 rings (SSSR count). The number of nitrogens with zero attached hydrogens (tertiary/aromatic N) is 3. The lowest BCUT2D eigenvalue weighted by Gasteiger charge is -2.32. The number of nitrogens with one attached hydrogen (secondary N) is 1. The highest BCUT2D eigenvalue weighted by Gasteiger charge is 2.31. The molecular formula is C28H39ClN4O6. The fraction of sp³-hybridized carbons (Fsp3) is 0.607. The molecule has 1 aromatic carbocycles. The van der Waals surface area contributed by atoms with Crippen molar-refractivity contribution >= 4 is 47.1 Å². The molecule has 2 aliphatic heterocycles. The lowest BCUT2D eigenvalue weighted by atomic mass is 9.89. The number of piperidine rings is 2. The van der Waals surface area contributed by atoms with Gasteiger partial charge in [0, 0.05) is 39.4 Å². The van der Waals surface area contributed by atoms with E-state index >= 15 is 0 Å². The predicted octanol–water partition coefficient (Wildman–Crippen LogP) is 3.65. The van der Waals surface area contributed by atoms with Crippen LogP contribution < -0.4 is 11.0 Å². The molecule has 1 aromatic heterocycles. The lowest BCUT2D eigenvalue weighted by Crippen LogP contribution is -2.44. The average Bonchev–Trinajstić information content (AvgIpc) is 3.14. The topological polar surface area (TPSA) is 131 Å². The van der Waals surface area contributed by atoms with E-state index in [9.17, 15) is 24.0 Å². The molecule has 1 atom stereocenters. The highest BCUT2D eigenvalue weighted by Crippen LogP contribution is 2.31.